The number of rotatable bonds is 8. The fourth-order valence-corrected chi connectivity index (χ4v) is 1.35. The second-order valence-electron chi connectivity index (χ2n) is 3.49. The first-order valence-corrected chi connectivity index (χ1v) is 5.35. The fourth-order valence-electron chi connectivity index (χ4n) is 1.35. The molecule has 0 heterocycles. The van der Waals surface area contributed by atoms with Gasteiger partial charge < -0.3 is 5.11 Å². The Morgan fingerprint density at radius 1 is 1.23 bits per heavy atom. The minimum absolute atomic E-state index is 0.330. The summed E-state index contributed by atoms with van der Waals surface area (Å²) in [6.07, 6.45) is 9.79. The third-order valence-corrected chi connectivity index (χ3v) is 2.16. The highest BCUT2D eigenvalue weighted by molar-refractivity contribution is 4.83. The molecule has 13 heavy (non-hydrogen) atoms. The Labute approximate surface area is 82.2 Å². The van der Waals surface area contributed by atoms with Crippen molar-refractivity contribution in [2.75, 3.05) is 0 Å². The molecule has 76 valence electrons. The summed E-state index contributed by atoms with van der Waals surface area (Å²) in [4.78, 5) is 0. The molecular formula is C12H22O. The molecule has 0 spiro atoms. The van der Waals surface area contributed by atoms with Gasteiger partial charge in [-0.2, -0.15) is 0 Å². The molecule has 0 aromatic carbocycles. The van der Waals surface area contributed by atoms with E-state index in [1.54, 1.807) is 6.08 Å². The van der Waals surface area contributed by atoms with E-state index in [0.29, 0.717) is 0 Å². The summed E-state index contributed by atoms with van der Waals surface area (Å²) in [5, 5.41) is 9.29. The van der Waals surface area contributed by atoms with Crippen molar-refractivity contribution in [2.24, 2.45) is 0 Å². The van der Waals surface area contributed by atoms with Crippen LogP contribution in [0.1, 0.15) is 51.9 Å². The van der Waals surface area contributed by atoms with Crippen LogP contribution < -0.4 is 0 Å². The fraction of sp³-hybridized carbons (Fsp3) is 0.750. The SMILES string of the molecule is C=C=CC(O)CCCCCCCC. The third-order valence-electron chi connectivity index (χ3n) is 2.16. The van der Waals surface area contributed by atoms with Crippen LogP contribution in [-0.4, -0.2) is 11.2 Å². The maximum absolute atomic E-state index is 9.29. The smallest absolute Gasteiger partial charge is 0.0794 e. The van der Waals surface area contributed by atoms with Crippen LogP contribution in [0, 0.1) is 0 Å². The summed E-state index contributed by atoms with van der Waals surface area (Å²) in [5.74, 6) is 0. The van der Waals surface area contributed by atoms with Crippen LogP contribution >= 0.6 is 0 Å². The highest BCUT2D eigenvalue weighted by atomic mass is 16.3. The molecule has 1 N–H and O–H groups in total. The molecule has 0 rings (SSSR count). The molecule has 0 radical (unpaired) electrons. The summed E-state index contributed by atoms with van der Waals surface area (Å²) in [6, 6.07) is 0. The quantitative estimate of drug-likeness (QED) is 0.450. The van der Waals surface area contributed by atoms with Crippen molar-refractivity contribution in [3.63, 3.8) is 0 Å². The molecule has 0 fully saturated rings. The maximum Gasteiger partial charge on any atom is 0.0794 e. The lowest BCUT2D eigenvalue weighted by Gasteiger charge is -2.03. The number of hydrogen-bond acceptors (Lipinski definition) is 1. The van der Waals surface area contributed by atoms with Gasteiger partial charge in [0.2, 0.25) is 0 Å². The molecule has 1 unspecified atom stereocenters. The van der Waals surface area contributed by atoms with Gasteiger partial charge >= 0.3 is 0 Å². The highest BCUT2D eigenvalue weighted by Crippen LogP contribution is 2.08. The lowest BCUT2D eigenvalue weighted by Crippen LogP contribution is -2.00. The van der Waals surface area contributed by atoms with E-state index in [1.165, 1.54) is 32.1 Å². The van der Waals surface area contributed by atoms with Crippen molar-refractivity contribution in [1.29, 1.82) is 0 Å². The Kier molecular flexibility index (Phi) is 9.18. The van der Waals surface area contributed by atoms with Crippen LogP contribution in [0.5, 0.6) is 0 Å². The van der Waals surface area contributed by atoms with Crippen LogP contribution in [0.2, 0.25) is 0 Å². The minimum atomic E-state index is -0.330. The monoisotopic (exact) mass is 182 g/mol. The Hall–Kier alpha value is -0.520. The van der Waals surface area contributed by atoms with Gasteiger partial charge in [-0.1, -0.05) is 52.0 Å². The van der Waals surface area contributed by atoms with Gasteiger partial charge in [0.1, 0.15) is 0 Å². The molecule has 1 heteroatoms. The van der Waals surface area contributed by atoms with E-state index in [4.69, 9.17) is 0 Å². The summed E-state index contributed by atoms with van der Waals surface area (Å²) in [6.45, 7) is 5.65. The van der Waals surface area contributed by atoms with Gasteiger partial charge in [-0.15, -0.1) is 5.73 Å². The molecule has 0 saturated carbocycles. The van der Waals surface area contributed by atoms with Crippen molar-refractivity contribution in [1.82, 2.24) is 0 Å². The largest absolute Gasteiger partial charge is 0.388 e. The van der Waals surface area contributed by atoms with Crippen LogP contribution in [0.4, 0.5) is 0 Å². The van der Waals surface area contributed by atoms with Gasteiger partial charge in [-0.25, -0.2) is 0 Å². The normalized spacial score (nSPS) is 12.2. The lowest BCUT2D eigenvalue weighted by atomic mass is 10.1. The van der Waals surface area contributed by atoms with Gasteiger partial charge in [0.05, 0.1) is 6.10 Å². The molecule has 1 nitrogen and oxygen atoms in total. The van der Waals surface area contributed by atoms with Crippen LogP contribution in [0.25, 0.3) is 0 Å². The van der Waals surface area contributed by atoms with E-state index in [1.807, 2.05) is 0 Å². The van der Waals surface area contributed by atoms with Crippen molar-refractivity contribution in [2.45, 2.75) is 58.0 Å². The molecule has 1 atom stereocenters. The Morgan fingerprint density at radius 3 is 2.46 bits per heavy atom. The van der Waals surface area contributed by atoms with Crippen molar-refractivity contribution in [3.8, 4) is 0 Å². The van der Waals surface area contributed by atoms with Crippen molar-refractivity contribution >= 4 is 0 Å². The summed E-state index contributed by atoms with van der Waals surface area (Å²) in [7, 11) is 0. The highest BCUT2D eigenvalue weighted by Gasteiger charge is 1.97. The van der Waals surface area contributed by atoms with Crippen molar-refractivity contribution in [3.05, 3.63) is 18.4 Å². The van der Waals surface area contributed by atoms with Crippen molar-refractivity contribution < 1.29 is 5.11 Å². The average molecular weight is 182 g/mol. The number of aliphatic hydroxyl groups is 1. The third kappa shape index (κ3) is 9.39. The molecule has 0 aromatic heterocycles. The molecule has 0 aromatic rings. The molecular weight excluding hydrogens is 160 g/mol. The Balaban J connectivity index is 3.11. The molecule has 0 aliphatic rings. The van der Waals surface area contributed by atoms with Gasteiger partial charge in [0.15, 0.2) is 0 Å². The second kappa shape index (κ2) is 9.57. The number of hydrogen-bond donors (Lipinski definition) is 1. The number of aliphatic hydroxyl groups excluding tert-OH is 1. The first kappa shape index (κ1) is 12.5. The molecule has 0 bridgehead atoms. The molecule has 0 aliphatic carbocycles. The molecule has 0 saturated heterocycles. The van der Waals surface area contributed by atoms with E-state index in [9.17, 15) is 5.11 Å². The first-order chi connectivity index (χ1) is 6.31. The average Bonchev–Trinajstić information content (AvgIpc) is 2.11. The standard InChI is InChI=1S/C12H22O/c1-3-5-6-7-8-9-11-12(13)10-4-2/h10,12-13H,2-3,5-9,11H2,1H3. The summed E-state index contributed by atoms with van der Waals surface area (Å²) < 4.78 is 0. The zero-order valence-electron chi connectivity index (χ0n) is 8.76. The lowest BCUT2D eigenvalue weighted by molar-refractivity contribution is 0.208. The van der Waals surface area contributed by atoms with E-state index < -0.39 is 0 Å². The first-order valence-electron chi connectivity index (χ1n) is 5.35. The van der Waals surface area contributed by atoms with E-state index in [2.05, 4.69) is 19.2 Å². The molecule has 0 amide bonds. The maximum atomic E-state index is 9.29. The van der Waals surface area contributed by atoms with E-state index >= 15 is 0 Å². The zero-order valence-corrected chi connectivity index (χ0v) is 8.76. The predicted octanol–water partition coefficient (Wildman–Crippen LogP) is 3.44. The van der Waals surface area contributed by atoms with Crippen LogP contribution in [-0.2, 0) is 0 Å². The summed E-state index contributed by atoms with van der Waals surface area (Å²) >= 11 is 0. The Morgan fingerprint density at radius 2 is 1.85 bits per heavy atom. The van der Waals surface area contributed by atoms with Gasteiger partial charge in [0.25, 0.3) is 0 Å². The molecule has 0 aliphatic heterocycles. The predicted molar refractivity (Wildman–Crippen MR) is 57.7 cm³/mol. The number of unbranched alkanes of at least 4 members (excludes halogenated alkanes) is 5. The van der Waals surface area contributed by atoms with E-state index in [0.717, 1.165) is 12.8 Å². The van der Waals surface area contributed by atoms with Gasteiger partial charge in [0, 0.05) is 0 Å². The summed E-state index contributed by atoms with van der Waals surface area (Å²) in [5.41, 5.74) is 2.60. The minimum Gasteiger partial charge on any atom is -0.388 e. The van der Waals surface area contributed by atoms with E-state index in [-0.39, 0.29) is 6.10 Å². The van der Waals surface area contributed by atoms with Gasteiger partial charge in [-0.3, -0.25) is 0 Å². The Bertz CT molecular complexity index is 145. The van der Waals surface area contributed by atoms with Gasteiger partial charge in [-0.05, 0) is 12.5 Å². The zero-order chi connectivity index (χ0) is 9.94. The van der Waals surface area contributed by atoms with Crippen LogP contribution in [0.15, 0.2) is 18.4 Å². The topological polar surface area (TPSA) is 20.2 Å². The van der Waals surface area contributed by atoms with Crippen LogP contribution in [0.3, 0.4) is 0 Å². The second-order valence-corrected chi connectivity index (χ2v) is 3.49.